The number of carbonyl (C=O) groups excluding carboxylic acids is 5. The first-order chi connectivity index (χ1) is 24.2. The van der Waals surface area contributed by atoms with Gasteiger partial charge in [-0.3, -0.25) is 24.0 Å². The Morgan fingerprint density at radius 1 is 0.940 bits per heavy atom. The Morgan fingerprint density at radius 3 is 2.42 bits per heavy atom. The van der Waals surface area contributed by atoms with E-state index in [1.165, 1.54) is 16.8 Å². The van der Waals surface area contributed by atoms with Gasteiger partial charge in [-0.2, -0.15) is 0 Å². The minimum Gasteiger partial charge on any atom is -0.497 e. The van der Waals surface area contributed by atoms with Crippen LogP contribution in [0.5, 0.6) is 17.2 Å². The Hall–Kier alpha value is -5.59. The maximum Gasteiger partial charge on any atom is 0.255 e. The van der Waals surface area contributed by atoms with E-state index >= 15 is 0 Å². The second-order valence-electron chi connectivity index (χ2n) is 12.2. The average molecular weight is 686 g/mol. The molecule has 0 unspecified atom stereocenters. The number of rotatable bonds is 8. The van der Waals surface area contributed by atoms with E-state index in [9.17, 15) is 24.0 Å². The molecule has 50 heavy (non-hydrogen) atoms. The number of hydrogen-bond acceptors (Lipinski definition) is 8. The minimum absolute atomic E-state index is 0.0234. The lowest BCUT2D eigenvalue weighted by Gasteiger charge is -2.29. The van der Waals surface area contributed by atoms with Gasteiger partial charge in [-0.1, -0.05) is 42.5 Å². The van der Waals surface area contributed by atoms with Crippen LogP contribution in [0.3, 0.4) is 0 Å². The number of methoxy groups -OCH3 is 1. The molecular weight excluding hydrogens is 642 g/mol. The van der Waals surface area contributed by atoms with E-state index in [4.69, 9.17) is 14.2 Å². The second-order valence-corrected chi connectivity index (χ2v) is 12.2. The summed E-state index contributed by atoms with van der Waals surface area (Å²) in [6.07, 6.45) is 1.05. The number of benzene rings is 3. The van der Waals surface area contributed by atoms with Crippen LogP contribution in [0.2, 0.25) is 0 Å². The Balaban J connectivity index is 1.36. The van der Waals surface area contributed by atoms with Gasteiger partial charge in [0, 0.05) is 13.6 Å². The summed E-state index contributed by atoms with van der Waals surface area (Å²) in [5, 5.41) is 8.46. The van der Waals surface area contributed by atoms with Crippen molar-refractivity contribution in [1.82, 2.24) is 25.8 Å². The smallest absolute Gasteiger partial charge is 0.255 e. The third-order valence-electron chi connectivity index (χ3n) is 8.61. The maximum atomic E-state index is 13.7. The van der Waals surface area contributed by atoms with Gasteiger partial charge in [0.25, 0.3) is 5.91 Å². The number of fused-ring (bicyclic) bond motifs is 2. The zero-order valence-corrected chi connectivity index (χ0v) is 28.3. The molecule has 0 bridgehead atoms. The largest absolute Gasteiger partial charge is 0.497 e. The standard InChI is InChI=1S/C37H43N5O8/c1-41-23-33(43)39-26(21-25-9-4-3-5-10-25)24-50-32-13-7-6-11-29(32)35(45)40-30(22-34(44)42-19-8-12-31(42)37(41)47)36(46)38-18-20-49-28-16-14-27(48-2)15-17-28/h3-7,9-11,13-17,26,30-31H,8,12,18-24H2,1-2H3,(H,38,46)(H,39,43)(H,40,45)/t26-,30+,31+/m1/s1. The first-order valence-corrected chi connectivity index (χ1v) is 16.7. The summed E-state index contributed by atoms with van der Waals surface area (Å²) in [7, 11) is 3.10. The van der Waals surface area contributed by atoms with Crippen molar-refractivity contribution in [3.05, 3.63) is 90.0 Å². The topological polar surface area (TPSA) is 156 Å². The van der Waals surface area contributed by atoms with Crippen molar-refractivity contribution in [3.63, 3.8) is 0 Å². The van der Waals surface area contributed by atoms with Crippen LogP contribution in [0.1, 0.15) is 35.2 Å². The highest BCUT2D eigenvalue weighted by atomic mass is 16.5. The summed E-state index contributed by atoms with van der Waals surface area (Å²) >= 11 is 0. The van der Waals surface area contributed by atoms with Crippen LogP contribution in [0.4, 0.5) is 0 Å². The van der Waals surface area contributed by atoms with Crippen LogP contribution in [-0.2, 0) is 25.6 Å². The number of ether oxygens (including phenoxy) is 3. The van der Waals surface area contributed by atoms with Crippen molar-refractivity contribution in [1.29, 1.82) is 0 Å². The van der Waals surface area contributed by atoms with E-state index < -0.39 is 35.8 Å². The van der Waals surface area contributed by atoms with Crippen molar-refractivity contribution >= 4 is 29.5 Å². The van der Waals surface area contributed by atoms with Crippen molar-refractivity contribution in [2.24, 2.45) is 0 Å². The summed E-state index contributed by atoms with van der Waals surface area (Å²) in [4.78, 5) is 70.4. The van der Waals surface area contributed by atoms with Gasteiger partial charge in [-0.05, 0) is 61.2 Å². The highest BCUT2D eigenvalue weighted by molar-refractivity contribution is 6.01. The highest BCUT2D eigenvalue weighted by Crippen LogP contribution is 2.23. The van der Waals surface area contributed by atoms with Crippen LogP contribution in [0.15, 0.2) is 78.9 Å². The predicted molar refractivity (Wildman–Crippen MR) is 184 cm³/mol. The van der Waals surface area contributed by atoms with Gasteiger partial charge in [-0.25, -0.2) is 0 Å². The average Bonchev–Trinajstić information content (AvgIpc) is 3.62. The fraction of sp³-hybridized carbons (Fsp3) is 0.378. The number of nitrogens with one attached hydrogen (secondary N) is 3. The molecule has 5 rings (SSSR count). The normalized spacial score (nSPS) is 20.4. The molecule has 3 N–H and O–H groups in total. The summed E-state index contributed by atoms with van der Waals surface area (Å²) in [6, 6.07) is 20.6. The van der Waals surface area contributed by atoms with Crippen molar-refractivity contribution in [3.8, 4) is 17.2 Å². The van der Waals surface area contributed by atoms with Crippen LogP contribution in [0.25, 0.3) is 0 Å². The van der Waals surface area contributed by atoms with Gasteiger partial charge in [0.15, 0.2) is 0 Å². The lowest BCUT2D eigenvalue weighted by atomic mass is 10.1. The highest BCUT2D eigenvalue weighted by Gasteiger charge is 2.38. The molecule has 5 amide bonds. The molecular formula is C37H43N5O8. The SMILES string of the molecule is COc1ccc(OCCNC(=O)[C@@H]2CC(=O)N3CCC[C@H]3C(=O)N(C)CC(=O)N[C@H](Cc3ccccc3)COc3ccccc3C(=O)N2)cc1. The van der Waals surface area contributed by atoms with Gasteiger partial charge in [0.1, 0.15) is 42.5 Å². The van der Waals surface area contributed by atoms with Gasteiger partial charge in [0.2, 0.25) is 23.6 Å². The lowest BCUT2D eigenvalue weighted by Crippen LogP contribution is -2.53. The summed E-state index contributed by atoms with van der Waals surface area (Å²) in [5.74, 6) is -0.929. The molecule has 3 atom stereocenters. The van der Waals surface area contributed by atoms with E-state index in [0.717, 1.165) is 5.56 Å². The van der Waals surface area contributed by atoms with Gasteiger partial charge >= 0.3 is 0 Å². The molecule has 0 aliphatic carbocycles. The quantitative estimate of drug-likeness (QED) is 0.304. The monoisotopic (exact) mass is 685 g/mol. The molecule has 2 heterocycles. The van der Waals surface area contributed by atoms with E-state index in [2.05, 4.69) is 16.0 Å². The number of nitrogens with zero attached hydrogens (tertiary/aromatic N) is 2. The predicted octanol–water partition coefficient (Wildman–Crippen LogP) is 1.95. The minimum atomic E-state index is -1.26. The fourth-order valence-corrected chi connectivity index (χ4v) is 6.04. The van der Waals surface area contributed by atoms with Crippen molar-refractivity contribution < 1.29 is 38.2 Å². The van der Waals surface area contributed by atoms with E-state index in [0.29, 0.717) is 37.3 Å². The molecule has 13 nitrogen and oxygen atoms in total. The van der Waals surface area contributed by atoms with Gasteiger partial charge in [0.05, 0.1) is 38.2 Å². The van der Waals surface area contributed by atoms with Crippen LogP contribution < -0.4 is 30.2 Å². The van der Waals surface area contributed by atoms with Gasteiger partial charge in [-0.15, -0.1) is 0 Å². The molecule has 1 fully saturated rings. The molecule has 0 radical (unpaired) electrons. The number of hydrogen-bond donors (Lipinski definition) is 3. The van der Waals surface area contributed by atoms with Crippen LogP contribution >= 0.6 is 0 Å². The van der Waals surface area contributed by atoms with Crippen molar-refractivity contribution in [2.75, 3.05) is 47.0 Å². The second kappa shape index (κ2) is 17.2. The van der Waals surface area contributed by atoms with E-state index in [-0.39, 0.29) is 55.9 Å². The Labute approximate surface area is 291 Å². The third-order valence-corrected chi connectivity index (χ3v) is 8.61. The molecule has 0 spiro atoms. The number of amides is 5. The molecule has 0 aromatic heterocycles. The first kappa shape index (κ1) is 35.7. The molecule has 3 aromatic rings. The number of likely N-dealkylation sites (N-methyl/N-ethyl adjacent to an activating group) is 1. The molecule has 0 saturated carbocycles. The molecule has 1 saturated heterocycles. The fourth-order valence-electron chi connectivity index (χ4n) is 6.04. The lowest BCUT2D eigenvalue weighted by molar-refractivity contribution is -0.145. The summed E-state index contributed by atoms with van der Waals surface area (Å²) < 4.78 is 17.0. The molecule has 264 valence electrons. The molecule has 2 aliphatic heterocycles. The van der Waals surface area contributed by atoms with Crippen molar-refractivity contribution in [2.45, 2.75) is 43.8 Å². The Kier molecular flexibility index (Phi) is 12.3. The summed E-state index contributed by atoms with van der Waals surface area (Å²) in [5.41, 5.74) is 1.12. The number of carbonyl (C=O) groups is 5. The van der Waals surface area contributed by atoms with E-state index in [1.807, 2.05) is 30.3 Å². The first-order valence-electron chi connectivity index (χ1n) is 16.7. The van der Waals surface area contributed by atoms with E-state index in [1.54, 1.807) is 55.6 Å². The number of para-hydroxylation sites is 1. The van der Waals surface area contributed by atoms with Gasteiger partial charge < -0.3 is 40.0 Å². The van der Waals surface area contributed by atoms with Crippen LogP contribution in [-0.4, -0.2) is 104 Å². The Bertz CT molecular complexity index is 1650. The Morgan fingerprint density at radius 2 is 1.66 bits per heavy atom. The summed E-state index contributed by atoms with van der Waals surface area (Å²) in [6.45, 7) is 0.349. The zero-order chi connectivity index (χ0) is 35.5. The zero-order valence-electron chi connectivity index (χ0n) is 28.3. The maximum absolute atomic E-state index is 13.7. The molecule has 3 aromatic carbocycles. The molecule has 13 heteroatoms. The van der Waals surface area contributed by atoms with Crippen LogP contribution in [0, 0.1) is 0 Å². The molecule has 2 aliphatic rings. The third kappa shape index (κ3) is 9.52.